The van der Waals surface area contributed by atoms with E-state index in [4.69, 9.17) is 23.2 Å². The molecule has 0 radical (unpaired) electrons. The molecular formula is C9H5Cl2F3O2. The molecule has 0 aliphatic carbocycles. The molecule has 7 heteroatoms. The highest BCUT2D eigenvalue weighted by molar-refractivity contribution is 6.39. The standard InChI is InChI=1S/C9H5Cl2F3O2/c1-4(15)5-2-3-6(10)8(7(5)11)16-9(12,13)14/h2-3H,1H3. The zero-order valence-electron chi connectivity index (χ0n) is 7.86. The average molecular weight is 273 g/mol. The van der Waals surface area contributed by atoms with Crippen LogP contribution in [-0.4, -0.2) is 12.1 Å². The third-order valence-electron chi connectivity index (χ3n) is 1.65. The highest BCUT2D eigenvalue weighted by atomic mass is 35.5. The van der Waals surface area contributed by atoms with Gasteiger partial charge in [-0.1, -0.05) is 23.2 Å². The second kappa shape index (κ2) is 4.51. The second-order valence-corrected chi connectivity index (χ2v) is 3.63. The van der Waals surface area contributed by atoms with Gasteiger partial charge in [-0.25, -0.2) is 0 Å². The monoisotopic (exact) mass is 272 g/mol. The SMILES string of the molecule is CC(=O)c1ccc(Cl)c(OC(F)(F)F)c1Cl. The molecule has 1 aromatic rings. The van der Waals surface area contributed by atoms with Crippen LogP contribution in [0, 0.1) is 0 Å². The molecule has 0 fully saturated rings. The van der Waals surface area contributed by atoms with E-state index in [1.165, 1.54) is 13.0 Å². The molecule has 0 saturated heterocycles. The van der Waals surface area contributed by atoms with Gasteiger partial charge in [0.15, 0.2) is 11.5 Å². The fourth-order valence-corrected chi connectivity index (χ4v) is 1.59. The Morgan fingerprint density at radius 3 is 2.31 bits per heavy atom. The lowest BCUT2D eigenvalue weighted by Gasteiger charge is -2.13. The summed E-state index contributed by atoms with van der Waals surface area (Å²) in [7, 11) is 0. The first-order chi connectivity index (χ1) is 7.22. The smallest absolute Gasteiger partial charge is 0.403 e. The molecule has 0 bridgehead atoms. The van der Waals surface area contributed by atoms with Crippen molar-refractivity contribution in [3.8, 4) is 5.75 Å². The molecule has 0 amide bonds. The van der Waals surface area contributed by atoms with Crippen molar-refractivity contribution in [2.45, 2.75) is 13.3 Å². The van der Waals surface area contributed by atoms with Crippen molar-refractivity contribution in [2.24, 2.45) is 0 Å². The van der Waals surface area contributed by atoms with Gasteiger partial charge in [0, 0.05) is 5.56 Å². The Morgan fingerprint density at radius 2 is 1.88 bits per heavy atom. The lowest BCUT2D eigenvalue weighted by molar-refractivity contribution is -0.274. The minimum Gasteiger partial charge on any atom is -0.403 e. The Balaban J connectivity index is 3.27. The van der Waals surface area contributed by atoms with Gasteiger partial charge in [0.25, 0.3) is 0 Å². The number of benzene rings is 1. The number of Topliss-reactive ketones (excluding diaryl/α,β-unsaturated/α-hetero) is 1. The number of alkyl halides is 3. The Bertz CT molecular complexity index is 429. The van der Waals surface area contributed by atoms with Crippen molar-refractivity contribution in [2.75, 3.05) is 0 Å². The molecule has 0 aliphatic rings. The summed E-state index contributed by atoms with van der Waals surface area (Å²) in [5, 5.41) is -0.760. The van der Waals surface area contributed by atoms with Crippen LogP contribution in [0.5, 0.6) is 5.75 Å². The van der Waals surface area contributed by atoms with Gasteiger partial charge >= 0.3 is 6.36 Å². The molecule has 0 aromatic heterocycles. The maximum absolute atomic E-state index is 12.0. The van der Waals surface area contributed by atoms with Crippen LogP contribution in [0.3, 0.4) is 0 Å². The van der Waals surface area contributed by atoms with E-state index in [0.29, 0.717) is 0 Å². The molecule has 0 atom stereocenters. The zero-order chi connectivity index (χ0) is 12.5. The predicted molar refractivity (Wildman–Crippen MR) is 53.1 cm³/mol. The zero-order valence-corrected chi connectivity index (χ0v) is 9.37. The van der Waals surface area contributed by atoms with Gasteiger partial charge in [-0.05, 0) is 19.1 Å². The molecule has 0 saturated carbocycles. The lowest BCUT2D eigenvalue weighted by atomic mass is 10.1. The molecule has 0 heterocycles. The summed E-state index contributed by atoms with van der Waals surface area (Å²) in [5.74, 6) is -1.24. The highest BCUT2D eigenvalue weighted by Gasteiger charge is 2.33. The van der Waals surface area contributed by atoms with Crippen molar-refractivity contribution < 1.29 is 22.7 Å². The van der Waals surface area contributed by atoms with Crippen LogP contribution in [0.15, 0.2) is 12.1 Å². The van der Waals surface area contributed by atoms with E-state index in [2.05, 4.69) is 4.74 Å². The summed E-state index contributed by atoms with van der Waals surface area (Å²) in [5.41, 5.74) is -0.0784. The molecule has 16 heavy (non-hydrogen) atoms. The fraction of sp³-hybridized carbons (Fsp3) is 0.222. The molecule has 0 spiro atoms. The van der Waals surface area contributed by atoms with Crippen molar-refractivity contribution in [3.63, 3.8) is 0 Å². The van der Waals surface area contributed by atoms with E-state index in [1.54, 1.807) is 0 Å². The molecular weight excluding hydrogens is 268 g/mol. The van der Waals surface area contributed by atoms with E-state index < -0.39 is 22.9 Å². The van der Waals surface area contributed by atoms with Crippen LogP contribution in [0.25, 0.3) is 0 Å². The molecule has 1 rings (SSSR count). The van der Waals surface area contributed by atoms with Crippen molar-refractivity contribution >= 4 is 29.0 Å². The van der Waals surface area contributed by atoms with E-state index in [9.17, 15) is 18.0 Å². The number of ketones is 1. The first-order valence-electron chi connectivity index (χ1n) is 3.97. The summed E-state index contributed by atoms with van der Waals surface area (Å²) in [6.45, 7) is 1.17. The number of rotatable bonds is 2. The van der Waals surface area contributed by atoms with Crippen molar-refractivity contribution in [1.29, 1.82) is 0 Å². The summed E-state index contributed by atoms with van der Waals surface area (Å²) < 4.78 is 39.7. The number of carbonyl (C=O) groups excluding carboxylic acids is 1. The molecule has 88 valence electrons. The minimum atomic E-state index is -4.91. The molecule has 0 unspecified atom stereocenters. The third kappa shape index (κ3) is 3.02. The first kappa shape index (κ1) is 13.1. The molecule has 0 N–H and O–H groups in total. The van der Waals surface area contributed by atoms with Gasteiger partial charge < -0.3 is 4.74 Å². The van der Waals surface area contributed by atoms with Crippen LogP contribution in [0.4, 0.5) is 13.2 Å². The predicted octanol–water partition coefficient (Wildman–Crippen LogP) is 4.09. The van der Waals surface area contributed by atoms with Crippen molar-refractivity contribution in [1.82, 2.24) is 0 Å². The maximum Gasteiger partial charge on any atom is 0.573 e. The Morgan fingerprint density at radius 1 is 1.31 bits per heavy atom. The largest absolute Gasteiger partial charge is 0.573 e. The number of hydrogen-bond donors (Lipinski definition) is 0. The van der Waals surface area contributed by atoms with E-state index in [0.717, 1.165) is 6.07 Å². The molecule has 2 nitrogen and oxygen atoms in total. The van der Waals surface area contributed by atoms with Gasteiger partial charge in [-0.2, -0.15) is 0 Å². The minimum absolute atomic E-state index is 0.0784. The molecule has 0 aliphatic heterocycles. The van der Waals surface area contributed by atoms with Crippen LogP contribution < -0.4 is 4.74 Å². The first-order valence-corrected chi connectivity index (χ1v) is 4.72. The summed E-state index contributed by atoms with van der Waals surface area (Å²) in [4.78, 5) is 11.0. The Kier molecular flexibility index (Phi) is 3.70. The van der Waals surface area contributed by atoms with Crippen LogP contribution in [0.2, 0.25) is 10.0 Å². The van der Waals surface area contributed by atoms with E-state index in [1.807, 2.05) is 0 Å². The Hall–Kier alpha value is -0.940. The fourth-order valence-electron chi connectivity index (χ4n) is 1.01. The van der Waals surface area contributed by atoms with Crippen LogP contribution in [0.1, 0.15) is 17.3 Å². The summed E-state index contributed by atoms with van der Waals surface area (Å²) in [6.07, 6.45) is -4.91. The Labute approximate surface area is 98.9 Å². The quantitative estimate of drug-likeness (QED) is 0.758. The van der Waals surface area contributed by atoms with Gasteiger partial charge in [0.2, 0.25) is 0 Å². The van der Waals surface area contributed by atoms with Crippen LogP contribution >= 0.6 is 23.2 Å². The number of hydrogen-bond acceptors (Lipinski definition) is 2. The third-order valence-corrected chi connectivity index (χ3v) is 2.32. The summed E-state index contributed by atoms with van der Waals surface area (Å²) in [6, 6.07) is 2.35. The number of ether oxygens (including phenoxy) is 1. The average Bonchev–Trinajstić information content (AvgIpc) is 2.10. The highest BCUT2D eigenvalue weighted by Crippen LogP contribution is 2.38. The van der Waals surface area contributed by atoms with Gasteiger partial charge in [0.1, 0.15) is 0 Å². The number of carbonyl (C=O) groups is 1. The topological polar surface area (TPSA) is 26.3 Å². The van der Waals surface area contributed by atoms with Gasteiger partial charge in [-0.15, -0.1) is 13.2 Å². The molecule has 1 aromatic carbocycles. The van der Waals surface area contributed by atoms with E-state index in [-0.39, 0.29) is 10.6 Å². The maximum atomic E-state index is 12.0. The van der Waals surface area contributed by atoms with Crippen molar-refractivity contribution in [3.05, 3.63) is 27.7 Å². The van der Waals surface area contributed by atoms with Crippen LogP contribution in [-0.2, 0) is 0 Å². The lowest BCUT2D eigenvalue weighted by Crippen LogP contribution is -2.18. The second-order valence-electron chi connectivity index (χ2n) is 2.84. The van der Waals surface area contributed by atoms with Gasteiger partial charge in [-0.3, -0.25) is 4.79 Å². The van der Waals surface area contributed by atoms with E-state index >= 15 is 0 Å². The summed E-state index contributed by atoms with van der Waals surface area (Å²) >= 11 is 11.1. The number of halogens is 5. The normalized spacial score (nSPS) is 11.4. The van der Waals surface area contributed by atoms with Gasteiger partial charge in [0.05, 0.1) is 10.0 Å².